The fraction of sp³-hybridized carbons (Fsp3) is 0.471. The monoisotopic (exact) mass is 447 g/mol. The molecule has 0 radical (unpaired) electrons. The molecule has 0 spiro atoms. The second-order valence-corrected chi connectivity index (χ2v) is 7.30. The molecule has 1 aromatic rings. The van der Waals surface area contributed by atoms with E-state index in [2.05, 4.69) is 27.6 Å². The highest BCUT2D eigenvalue weighted by Gasteiger charge is 2.19. The standard InChI is InChI=1S/C17H22INO5/c1-5-8-23-14-7-6-11(9-12(14)18)10-13(15(20)21)19-16(22)24-17(2,3)4/h6-7,9H,5,8,10H2,1-4H3,(H,20,21)/b19-13+. The molecule has 7 heteroatoms. The molecule has 132 valence electrons. The Balaban J connectivity index is 2.91. The van der Waals surface area contributed by atoms with Crippen molar-refractivity contribution in [2.75, 3.05) is 6.61 Å². The fourth-order valence-corrected chi connectivity index (χ4v) is 2.47. The minimum atomic E-state index is -1.25. The number of carboxylic acid groups (broad SMARTS) is 1. The first-order valence-electron chi connectivity index (χ1n) is 7.57. The van der Waals surface area contributed by atoms with Gasteiger partial charge in [0, 0.05) is 6.42 Å². The molecule has 1 amide bonds. The van der Waals surface area contributed by atoms with Crippen molar-refractivity contribution in [3.63, 3.8) is 0 Å². The molecule has 0 unspecified atom stereocenters. The van der Waals surface area contributed by atoms with Crippen molar-refractivity contribution in [3.8, 4) is 5.75 Å². The molecule has 0 aromatic heterocycles. The molecule has 0 bridgehead atoms. The molecule has 0 aliphatic heterocycles. The number of halogens is 1. The van der Waals surface area contributed by atoms with Gasteiger partial charge in [0.25, 0.3) is 0 Å². The summed E-state index contributed by atoms with van der Waals surface area (Å²) in [5, 5.41) is 9.26. The number of hydrogen-bond acceptors (Lipinski definition) is 4. The van der Waals surface area contributed by atoms with Crippen LogP contribution in [0.2, 0.25) is 0 Å². The quantitative estimate of drug-likeness (QED) is 0.525. The number of amides is 1. The van der Waals surface area contributed by atoms with E-state index in [1.807, 2.05) is 13.0 Å². The lowest BCUT2D eigenvalue weighted by atomic mass is 10.1. The van der Waals surface area contributed by atoms with E-state index in [9.17, 15) is 14.7 Å². The van der Waals surface area contributed by atoms with E-state index in [0.717, 1.165) is 21.3 Å². The molecule has 0 saturated heterocycles. The molecule has 0 fully saturated rings. The minimum absolute atomic E-state index is 0.0264. The summed E-state index contributed by atoms with van der Waals surface area (Å²) in [6.07, 6.45) is 0.0276. The average Bonchev–Trinajstić information content (AvgIpc) is 2.43. The Kier molecular flexibility index (Phi) is 7.65. The van der Waals surface area contributed by atoms with Gasteiger partial charge in [-0.15, -0.1) is 0 Å². The number of benzene rings is 1. The smallest absolute Gasteiger partial charge is 0.434 e. The van der Waals surface area contributed by atoms with Gasteiger partial charge in [0.2, 0.25) is 0 Å². The highest BCUT2D eigenvalue weighted by Crippen LogP contribution is 2.23. The molecule has 0 heterocycles. The predicted molar refractivity (Wildman–Crippen MR) is 100.0 cm³/mol. The molecule has 0 saturated carbocycles. The zero-order valence-corrected chi connectivity index (χ0v) is 16.4. The highest BCUT2D eigenvalue weighted by molar-refractivity contribution is 14.1. The van der Waals surface area contributed by atoms with Crippen molar-refractivity contribution >= 4 is 40.4 Å². The third-order valence-electron chi connectivity index (χ3n) is 2.70. The number of aliphatic imine (C=N–C) groups is 1. The average molecular weight is 447 g/mol. The Morgan fingerprint density at radius 1 is 1.29 bits per heavy atom. The van der Waals surface area contributed by atoms with E-state index in [4.69, 9.17) is 9.47 Å². The normalized spacial score (nSPS) is 12.0. The Bertz CT molecular complexity index is 634. The molecule has 1 aromatic carbocycles. The number of carbonyl (C=O) groups excluding carboxylic acids is 1. The van der Waals surface area contributed by atoms with Crippen LogP contribution in [0.15, 0.2) is 23.2 Å². The van der Waals surface area contributed by atoms with E-state index in [-0.39, 0.29) is 12.1 Å². The second kappa shape index (κ2) is 9.00. The van der Waals surface area contributed by atoms with Crippen molar-refractivity contribution in [3.05, 3.63) is 27.3 Å². The van der Waals surface area contributed by atoms with Crippen LogP contribution in [0.4, 0.5) is 4.79 Å². The third-order valence-corrected chi connectivity index (χ3v) is 3.54. The summed E-state index contributed by atoms with van der Waals surface area (Å²) >= 11 is 2.13. The van der Waals surface area contributed by atoms with Gasteiger partial charge >= 0.3 is 12.1 Å². The van der Waals surface area contributed by atoms with Crippen LogP contribution in [0, 0.1) is 3.57 Å². The van der Waals surface area contributed by atoms with Gasteiger partial charge in [0.05, 0.1) is 10.2 Å². The molecule has 0 aliphatic rings. The lowest BCUT2D eigenvalue weighted by Gasteiger charge is -2.17. The molecule has 1 N–H and O–H groups in total. The summed E-state index contributed by atoms with van der Waals surface area (Å²) in [7, 11) is 0. The van der Waals surface area contributed by atoms with Gasteiger partial charge in [-0.25, -0.2) is 9.59 Å². The maximum absolute atomic E-state index is 11.7. The molecule has 0 atom stereocenters. The number of aliphatic carboxylic acids is 1. The molecular weight excluding hydrogens is 425 g/mol. The number of rotatable bonds is 6. The van der Waals surface area contributed by atoms with Crippen molar-refractivity contribution in [1.29, 1.82) is 0 Å². The van der Waals surface area contributed by atoms with Gasteiger partial charge in [-0.3, -0.25) is 0 Å². The van der Waals surface area contributed by atoms with Gasteiger partial charge in [-0.2, -0.15) is 4.99 Å². The van der Waals surface area contributed by atoms with Crippen LogP contribution in [-0.2, 0) is 16.0 Å². The second-order valence-electron chi connectivity index (χ2n) is 6.13. The number of carbonyl (C=O) groups is 2. The lowest BCUT2D eigenvalue weighted by Crippen LogP contribution is -2.24. The molecular formula is C17H22INO5. The molecule has 0 aliphatic carbocycles. The first-order valence-corrected chi connectivity index (χ1v) is 8.65. The van der Waals surface area contributed by atoms with Crippen LogP contribution in [0.5, 0.6) is 5.75 Å². The van der Waals surface area contributed by atoms with Gasteiger partial charge in [-0.1, -0.05) is 13.0 Å². The van der Waals surface area contributed by atoms with Gasteiger partial charge < -0.3 is 14.6 Å². The van der Waals surface area contributed by atoms with Crippen molar-refractivity contribution < 1.29 is 24.2 Å². The van der Waals surface area contributed by atoms with Crippen LogP contribution in [0.25, 0.3) is 0 Å². The highest BCUT2D eigenvalue weighted by atomic mass is 127. The number of hydrogen-bond donors (Lipinski definition) is 1. The molecule has 6 nitrogen and oxygen atoms in total. The lowest BCUT2D eigenvalue weighted by molar-refractivity contribution is -0.129. The Hall–Kier alpha value is -1.64. The van der Waals surface area contributed by atoms with Gasteiger partial charge in [-0.05, 0) is 67.5 Å². The van der Waals surface area contributed by atoms with Crippen molar-refractivity contribution in [1.82, 2.24) is 0 Å². The summed E-state index contributed by atoms with van der Waals surface area (Å²) in [6, 6.07) is 5.37. The van der Waals surface area contributed by atoms with Gasteiger partial charge in [0.15, 0.2) is 0 Å². The first kappa shape index (κ1) is 20.4. The first-order chi connectivity index (χ1) is 11.1. The Morgan fingerprint density at radius 2 is 1.96 bits per heavy atom. The topological polar surface area (TPSA) is 85.2 Å². The predicted octanol–water partition coefficient (Wildman–Crippen LogP) is 4.08. The van der Waals surface area contributed by atoms with E-state index in [0.29, 0.717) is 6.61 Å². The minimum Gasteiger partial charge on any atom is -0.492 e. The third kappa shape index (κ3) is 7.29. The number of carboxylic acids is 1. The Labute approximate surface area is 155 Å². The van der Waals surface area contributed by atoms with Crippen molar-refractivity contribution in [2.24, 2.45) is 4.99 Å². The zero-order chi connectivity index (χ0) is 18.3. The summed E-state index contributed by atoms with van der Waals surface area (Å²) in [4.78, 5) is 26.6. The molecule has 1 rings (SSSR count). The van der Waals surface area contributed by atoms with E-state index in [1.54, 1.807) is 32.9 Å². The molecule has 24 heavy (non-hydrogen) atoms. The van der Waals surface area contributed by atoms with Gasteiger partial charge in [0.1, 0.15) is 17.1 Å². The largest absolute Gasteiger partial charge is 0.492 e. The SMILES string of the molecule is CCCOc1ccc(C/C(=N\C(=O)OC(C)(C)C)C(=O)O)cc1I. The van der Waals surface area contributed by atoms with E-state index in [1.165, 1.54) is 0 Å². The Morgan fingerprint density at radius 3 is 2.46 bits per heavy atom. The van der Waals surface area contributed by atoms with Crippen LogP contribution < -0.4 is 4.74 Å². The van der Waals surface area contributed by atoms with Crippen LogP contribution in [0.3, 0.4) is 0 Å². The summed E-state index contributed by atoms with van der Waals surface area (Å²) in [5.41, 5.74) is -0.257. The van der Waals surface area contributed by atoms with Crippen molar-refractivity contribution in [2.45, 2.75) is 46.1 Å². The van der Waals surface area contributed by atoms with E-state index >= 15 is 0 Å². The zero-order valence-electron chi connectivity index (χ0n) is 14.3. The van der Waals surface area contributed by atoms with Crippen LogP contribution in [0.1, 0.15) is 39.7 Å². The maximum Gasteiger partial charge on any atom is 0.434 e. The summed E-state index contributed by atoms with van der Waals surface area (Å²) in [6.45, 7) is 7.72. The van der Waals surface area contributed by atoms with Crippen LogP contribution in [-0.4, -0.2) is 35.1 Å². The summed E-state index contributed by atoms with van der Waals surface area (Å²) < 4.78 is 11.5. The van der Waals surface area contributed by atoms with E-state index < -0.39 is 17.7 Å². The van der Waals surface area contributed by atoms with Crippen LogP contribution >= 0.6 is 22.6 Å². The number of nitrogens with zero attached hydrogens (tertiary/aromatic N) is 1. The number of ether oxygens (including phenoxy) is 2. The fourth-order valence-electron chi connectivity index (χ4n) is 1.73. The maximum atomic E-state index is 11.7. The summed E-state index contributed by atoms with van der Waals surface area (Å²) in [5.74, 6) is -0.496.